The zero-order chi connectivity index (χ0) is 15.2. The average Bonchev–Trinajstić information content (AvgIpc) is 2.45. The van der Waals surface area contributed by atoms with Crippen molar-refractivity contribution in [3.8, 4) is 5.75 Å². The fourth-order valence-corrected chi connectivity index (χ4v) is 1.71. The molecule has 0 aliphatic heterocycles. The molecule has 2 aromatic rings. The first-order valence-electron chi connectivity index (χ1n) is 6.23. The number of primary amides is 1. The van der Waals surface area contributed by atoms with E-state index >= 15 is 0 Å². The molecular formula is C15H14F2N2O2. The van der Waals surface area contributed by atoms with Crippen LogP contribution in [-0.2, 0) is 11.3 Å². The summed E-state index contributed by atoms with van der Waals surface area (Å²) in [6, 6.07) is 10.2. The number of anilines is 1. The van der Waals surface area contributed by atoms with Crippen molar-refractivity contribution in [3.05, 3.63) is 59.7 Å². The Labute approximate surface area is 120 Å². The third kappa shape index (κ3) is 4.45. The maximum absolute atomic E-state index is 13.5. The summed E-state index contributed by atoms with van der Waals surface area (Å²) >= 11 is 0. The Bertz CT molecular complexity index is 647. The second-order valence-corrected chi connectivity index (χ2v) is 4.37. The predicted octanol–water partition coefficient (Wildman–Crippen LogP) is 2.44. The molecule has 0 saturated heterocycles. The first-order valence-corrected chi connectivity index (χ1v) is 6.23. The zero-order valence-electron chi connectivity index (χ0n) is 11.1. The van der Waals surface area contributed by atoms with Crippen LogP contribution in [0.3, 0.4) is 0 Å². The van der Waals surface area contributed by atoms with Gasteiger partial charge in [0.05, 0.1) is 0 Å². The van der Waals surface area contributed by atoms with E-state index < -0.39 is 17.5 Å². The molecule has 110 valence electrons. The van der Waals surface area contributed by atoms with Gasteiger partial charge in [-0.05, 0) is 18.2 Å². The summed E-state index contributed by atoms with van der Waals surface area (Å²) in [6.07, 6.45) is 0. The van der Waals surface area contributed by atoms with E-state index in [1.54, 1.807) is 24.3 Å². The lowest BCUT2D eigenvalue weighted by molar-refractivity contribution is -0.119. The third-order valence-corrected chi connectivity index (χ3v) is 2.71. The van der Waals surface area contributed by atoms with Crippen molar-refractivity contribution < 1.29 is 18.3 Å². The maximum Gasteiger partial charge on any atom is 0.255 e. The monoisotopic (exact) mass is 292 g/mol. The molecule has 0 aromatic heterocycles. The number of amides is 1. The molecule has 0 fully saturated rings. The number of hydrogen-bond donors (Lipinski definition) is 2. The van der Waals surface area contributed by atoms with Crippen LogP contribution in [0, 0.1) is 11.6 Å². The summed E-state index contributed by atoms with van der Waals surface area (Å²) in [5, 5.41) is 2.99. The normalized spacial score (nSPS) is 10.2. The van der Waals surface area contributed by atoms with Crippen LogP contribution in [-0.4, -0.2) is 12.5 Å². The van der Waals surface area contributed by atoms with Crippen molar-refractivity contribution in [1.82, 2.24) is 0 Å². The number of halogens is 2. The predicted molar refractivity (Wildman–Crippen MR) is 74.8 cm³/mol. The van der Waals surface area contributed by atoms with Crippen LogP contribution < -0.4 is 15.8 Å². The molecule has 3 N–H and O–H groups in total. The smallest absolute Gasteiger partial charge is 0.255 e. The minimum absolute atomic E-state index is 0.200. The van der Waals surface area contributed by atoms with Gasteiger partial charge in [-0.15, -0.1) is 0 Å². The third-order valence-electron chi connectivity index (χ3n) is 2.71. The summed E-state index contributed by atoms with van der Waals surface area (Å²) in [7, 11) is 0. The molecule has 0 unspecified atom stereocenters. The second-order valence-electron chi connectivity index (χ2n) is 4.37. The molecule has 4 nitrogen and oxygen atoms in total. The Hall–Kier alpha value is -2.63. The van der Waals surface area contributed by atoms with Crippen LogP contribution in [0.2, 0.25) is 0 Å². The van der Waals surface area contributed by atoms with Gasteiger partial charge in [0, 0.05) is 29.9 Å². The number of carbonyl (C=O) groups excluding carboxylic acids is 1. The van der Waals surface area contributed by atoms with Gasteiger partial charge in [0.1, 0.15) is 17.4 Å². The summed E-state index contributed by atoms with van der Waals surface area (Å²) in [6.45, 7) is -0.0125. The van der Waals surface area contributed by atoms with Crippen LogP contribution in [0.25, 0.3) is 0 Å². The lowest BCUT2D eigenvalue weighted by Crippen LogP contribution is -2.20. The molecule has 2 rings (SSSR count). The molecule has 2 aromatic carbocycles. The number of nitrogens with one attached hydrogen (secondary N) is 1. The number of ether oxygens (including phenoxy) is 1. The molecule has 21 heavy (non-hydrogen) atoms. The number of hydrogen-bond acceptors (Lipinski definition) is 3. The summed E-state index contributed by atoms with van der Waals surface area (Å²) in [5.74, 6) is -1.32. The SMILES string of the molecule is NC(=O)COc1cccc(NCc2ccc(F)cc2F)c1. The lowest BCUT2D eigenvalue weighted by atomic mass is 10.2. The molecule has 0 atom stereocenters. The topological polar surface area (TPSA) is 64.4 Å². The Balaban J connectivity index is 1.99. The highest BCUT2D eigenvalue weighted by Gasteiger charge is 2.04. The molecule has 0 heterocycles. The van der Waals surface area contributed by atoms with E-state index in [4.69, 9.17) is 10.5 Å². The maximum atomic E-state index is 13.5. The van der Waals surface area contributed by atoms with Gasteiger partial charge in [0.15, 0.2) is 6.61 Å². The molecule has 6 heteroatoms. The summed E-state index contributed by atoms with van der Waals surface area (Å²) in [4.78, 5) is 10.6. The molecular weight excluding hydrogens is 278 g/mol. The van der Waals surface area contributed by atoms with Crippen molar-refractivity contribution in [2.45, 2.75) is 6.54 Å². The highest BCUT2D eigenvalue weighted by molar-refractivity contribution is 5.75. The van der Waals surface area contributed by atoms with Crippen molar-refractivity contribution in [3.63, 3.8) is 0 Å². The molecule has 0 bridgehead atoms. The van der Waals surface area contributed by atoms with Gasteiger partial charge in [0.25, 0.3) is 5.91 Å². The Kier molecular flexibility index (Phi) is 4.71. The quantitative estimate of drug-likeness (QED) is 0.859. The van der Waals surface area contributed by atoms with Crippen molar-refractivity contribution in [1.29, 1.82) is 0 Å². The number of benzene rings is 2. The minimum atomic E-state index is -0.613. The highest BCUT2D eigenvalue weighted by atomic mass is 19.1. The standard InChI is InChI=1S/C15H14F2N2O2/c16-11-5-4-10(14(17)6-11)8-19-12-2-1-3-13(7-12)21-9-15(18)20/h1-7,19H,8-9H2,(H2,18,20). The summed E-state index contributed by atoms with van der Waals surface area (Å²) in [5.41, 5.74) is 6.02. The number of nitrogens with two attached hydrogens (primary N) is 1. The van der Waals surface area contributed by atoms with Crippen molar-refractivity contribution >= 4 is 11.6 Å². The molecule has 0 saturated carbocycles. The van der Waals surface area contributed by atoms with Crippen LogP contribution in [0.1, 0.15) is 5.56 Å². The van der Waals surface area contributed by atoms with Crippen LogP contribution in [0.5, 0.6) is 5.75 Å². The van der Waals surface area contributed by atoms with Crippen molar-refractivity contribution in [2.75, 3.05) is 11.9 Å². The van der Waals surface area contributed by atoms with Gasteiger partial charge in [-0.25, -0.2) is 8.78 Å². The van der Waals surface area contributed by atoms with Gasteiger partial charge >= 0.3 is 0 Å². The van der Waals surface area contributed by atoms with E-state index in [0.29, 0.717) is 17.0 Å². The second kappa shape index (κ2) is 6.69. The number of carbonyl (C=O) groups is 1. The van der Waals surface area contributed by atoms with Crippen molar-refractivity contribution in [2.24, 2.45) is 5.73 Å². The first kappa shape index (κ1) is 14.8. The fourth-order valence-electron chi connectivity index (χ4n) is 1.71. The Morgan fingerprint density at radius 1 is 1.19 bits per heavy atom. The Morgan fingerprint density at radius 2 is 2.00 bits per heavy atom. The van der Waals surface area contributed by atoms with E-state index in [1.165, 1.54) is 12.1 Å². The van der Waals surface area contributed by atoms with E-state index in [-0.39, 0.29) is 13.2 Å². The average molecular weight is 292 g/mol. The molecule has 0 aliphatic rings. The van der Waals surface area contributed by atoms with Crippen LogP contribution in [0.4, 0.5) is 14.5 Å². The van der Waals surface area contributed by atoms with E-state index in [9.17, 15) is 13.6 Å². The first-order chi connectivity index (χ1) is 10.0. The van der Waals surface area contributed by atoms with E-state index in [0.717, 1.165) is 6.07 Å². The van der Waals surface area contributed by atoms with Gasteiger partial charge < -0.3 is 15.8 Å². The fraction of sp³-hybridized carbons (Fsp3) is 0.133. The molecule has 0 aliphatic carbocycles. The molecule has 0 radical (unpaired) electrons. The molecule has 1 amide bonds. The Morgan fingerprint density at radius 3 is 2.71 bits per heavy atom. The van der Waals surface area contributed by atoms with Gasteiger partial charge in [0.2, 0.25) is 0 Å². The minimum Gasteiger partial charge on any atom is -0.484 e. The zero-order valence-corrected chi connectivity index (χ0v) is 11.1. The van der Waals surface area contributed by atoms with E-state index in [1.807, 2.05) is 0 Å². The largest absolute Gasteiger partial charge is 0.484 e. The van der Waals surface area contributed by atoms with E-state index in [2.05, 4.69) is 5.32 Å². The van der Waals surface area contributed by atoms with Gasteiger partial charge in [-0.2, -0.15) is 0 Å². The van der Waals surface area contributed by atoms with Gasteiger partial charge in [-0.1, -0.05) is 12.1 Å². The van der Waals surface area contributed by atoms with Crippen LogP contribution in [0.15, 0.2) is 42.5 Å². The van der Waals surface area contributed by atoms with Gasteiger partial charge in [-0.3, -0.25) is 4.79 Å². The number of rotatable bonds is 6. The lowest BCUT2D eigenvalue weighted by Gasteiger charge is -2.09. The summed E-state index contributed by atoms with van der Waals surface area (Å²) < 4.78 is 31.4. The molecule has 0 spiro atoms. The highest BCUT2D eigenvalue weighted by Crippen LogP contribution is 2.19. The van der Waals surface area contributed by atoms with Crippen LogP contribution >= 0.6 is 0 Å².